The number of carbonyl (C=O) groups is 1. The van der Waals surface area contributed by atoms with E-state index in [1.165, 1.54) is 0 Å². The van der Waals surface area contributed by atoms with Crippen LogP contribution < -0.4 is 20.1 Å². The van der Waals surface area contributed by atoms with Crippen molar-refractivity contribution in [3.05, 3.63) is 78.9 Å². The zero-order valence-corrected chi connectivity index (χ0v) is 17.0. The van der Waals surface area contributed by atoms with E-state index in [-0.39, 0.29) is 12.5 Å². The lowest BCUT2D eigenvalue weighted by Crippen LogP contribution is -2.22. The highest BCUT2D eigenvalue weighted by Gasteiger charge is 2.07. The summed E-state index contributed by atoms with van der Waals surface area (Å²) in [6.07, 6.45) is 0. The number of hydrogen-bond acceptors (Lipinski definition) is 5. The van der Waals surface area contributed by atoms with Gasteiger partial charge in [-0.3, -0.25) is 4.79 Å². The molecular formula is C24H26N2O4. The molecule has 0 spiro atoms. The molecule has 0 aromatic heterocycles. The largest absolute Gasteiger partial charge is 0.489 e. The highest BCUT2D eigenvalue weighted by molar-refractivity contribution is 5.94. The maximum Gasteiger partial charge on any atom is 0.243 e. The topological polar surface area (TPSA) is 68.8 Å². The quantitative estimate of drug-likeness (QED) is 0.441. The SMILES string of the molecule is CCOCCOc1ccccc1NCC(=O)Nc1ccc(Oc2ccccc2)cc1. The monoisotopic (exact) mass is 406 g/mol. The summed E-state index contributed by atoms with van der Waals surface area (Å²) >= 11 is 0. The molecule has 0 atom stereocenters. The Hall–Kier alpha value is -3.51. The fraction of sp³-hybridized carbons (Fsp3) is 0.208. The molecular weight excluding hydrogens is 380 g/mol. The van der Waals surface area contributed by atoms with E-state index in [1.807, 2.05) is 73.7 Å². The number of carbonyl (C=O) groups excluding carboxylic acids is 1. The lowest BCUT2D eigenvalue weighted by molar-refractivity contribution is -0.114. The molecule has 0 saturated heterocycles. The molecule has 0 bridgehead atoms. The van der Waals surface area contributed by atoms with E-state index in [2.05, 4.69) is 10.6 Å². The number of ether oxygens (including phenoxy) is 3. The number of nitrogens with one attached hydrogen (secondary N) is 2. The van der Waals surface area contributed by atoms with Crippen LogP contribution in [0.5, 0.6) is 17.2 Å². The first-order valence-corrected chi connectivity index (χ1v) is 9.91. The number of benzene rings is 3. The van der Waals surface area contributed by atoms with E-state index in [4.69, 9.17) is 14.2 Å². The van der Waals surface area contributed by atoms with Crippen molar-refractivity contribution in [1.29, 1.82) is 0 Å². The second-order valence-electron chi connectivity index (χ2n) is 6.38. The molecule has 0 unspecified atom stereocenters. The summed E-state index contributed by atoms with van der Waals surface area (Å²) in [5, 5.41) is 5.98. The van der Waals surface area contributed by atoms with Gasteiger partial charge in [0.1, 0.15) is 23.9 Å². The average Bonchev–Trinajstić information content (AvgIpc) is 2.78. The van der Waals surface area contributed by atoms with Crippen molar-refractivity contribution >= 4 is 17.3 Å². The minimum Gasteiger partial charge on any atom is -0.489 e. The van der Waals surface area contributed by atoms with Crippen LogP contribution in [-0.4, -0.2) is 32.3 Å². The summed E-state index contributed by atoms with van der Waals surface area (Å²) in [5.74, 6) is 2.00. The molecule has 0 aliphatic heterocycles. The summed E-state index contributed by atoms with van der Waals surface area (Å²) in [4.78, 5) is 12.3. The lowest BCUT2D eigenvalue weighted by Gasteiger charge is -2.13. The molecule has 1 amide bonds. The Bertz CT molecular complexity index is 914. The standard InChI is InChI=1S/C24H26N2O4/c1-2-28-16-17-29-23-11-7-6-10-22(23)25-18-24(27)26-19-12-14-21(15-13-19)30-20-8-4-3-5-9-20/h3-15,25H,2,16-18H2,1H3,(H,26,27). The van der Waals surface area contributed by atoms with Gasteiger partial charge in [-0.25, -0.2) is 0 Å². The highest BCUT2D eigenvalue weighted by Crippen LogP contribution is 2.24. The Labute approximate surface area is 176 Å². The van der Waals surface area contributed by atoms with Gasteiger partial charge >= 0.3 is 0 Å². The Balaban J connectivity index is 1.48. The van der Waals surface area contributed by atoms with Gasteiger partial charge in [-0.15, -0.1) is 0 Å². The molecule has 0 heterocycles. The van der Waals surface area contributed by atoms with Gasteiger partial charge in [-0.2, -0.15) is 0 Å². The Morgan fingerprint density at radius 3 is 2.30 bits per heavy atom. The smallest absolute Gasteiger partial charge is 0.243 e. The van der Waals surface area contributed by atoms with Gasteiger partial charge in [-0.05, 0) is 55.5 Å². The third kappa shape index (κ3) is 6.83. The van der Waals surface area contributed by atoms with Crippen LogP contribution in [0.3, 0.4) is 0 Å². The van der Waals surface area contributed by atoms with Gasteiger partial charge in [0.05, 0.1) is 18.8 Å². The molecule has 30 heavy (non-hydrogen) atoms. The summed E-state index contributed by atoms with van der Waals surface area (Å²) < 4.78 is 16.8. The minimum atomic E-state index is -0.157. The van der Waals surface area contributed by atoms with Crippen LogP contribution in [0.15, 0.2) is 78.9 Å². The van der Waals surface area contributed by atoms with Crippen LogP contribution >= 0.6 is 0 Å². The first-order chi connectivity index (χ1) is 14.7. The zero-order valence-electron chi connectivity index (χ0n) is 17.0. The second kappa shape index (κ2) is 11.5. The van der Waals surface area contributed by atoms with E-state index in [9.17, 15) is 4.79 Å². The van der Waals surface area contributed by atoms with Gasteiger partial charge in [-0.1, -0.05) is 30.3 Å². The summed E-state index contributed by atoms with van der Waals surface area (Å²) in [6, 6.07) is 24.3. The van der Waals surface area contributed by atoms with Crippen molar-refractivity contribution in [1.82, 2.24) is 0 Å². The van der Waals surface area contributed by atoms with Crippen molar-refractivity contribution in [3.8, 4) is 17.2 Å². The van der Waals surface area contributed by atoms with Gasteiger partial charge in [0, 0.05) is 12.3 Å². The van der Waals surface area contributed by atoms with Crippen LogP contribution in [0.2, 0.25) is 0 Å². The summed E-state index contributed by atoms with van der Waals surface area (Å²) in [7, 11) is 0. The van der Waals surface area contributed by atoms with Crippen LogP contribution in [0.25, 0.3) is 0 Å². The third-order valence-electron chi connectivity index (χ3n) is 4.13. The molecule has 3 aromatic carbocycles. The number of anilines is 2. The van der Waals surface area contributed by atoms with Crippen molar-refractivity contribution in [2.75, 3.05) is 37.0 Å². The molecule has 3 rings (SSSR count). The van der Waals surface area contributed by atoms with Gasteiger partial charge in [0.25, 0.3) is 0 Å². The van der Waals surface area contributed by atoms with Crippen molar-refractivity contribution in [3.63, 3.8) is 0 Å². The predicted molar refractivity (Wildman–Crippen MR) is 119 cm³/mol. The molecule has 0 fully saturated rings. The Morgan fingerprint density at radius 1 is 0.833 bits per heavy atom. The maximum absolute atomic E-state index is 12.3. The minimum absolute atomic E-state index is 0.119. The summed E-state index contributed by atoms with van der Waals surface area (Å²) in [5.41, 5.74) is 1.46. The number of para-hydroxylation sites is 3. The zero-order chi connectivity index (χ0) is 21.0. The third-order valence-corrected chi connectivity index (χ3v) is 4.13. The van der Waals surface area contributed by atoms with Crippen LogP contribution in [0.4, 0.5) is 11.4 Å². The van der Waals surface area contributed by atoms with E-state index in [0.717, 1.165) is 11.4 Å². The van der Waals surface area contributed by atoms with E-state index < -0.39 is 0 Å². The molecule has 0 radical (unpaired) electrons. The van der Waals surface area contributed by atoms with Crippen molar-refractivity contribution < 1.29 is 19.0 Å². The second-order valence-corrected chi connectivity index (χ2v) is 6.38. The van der Waals surface area contributed by atoms with Gasteiger partial charge in [0.15, 0.2) is 0 Å². The highest BCUT2D eigenvalue weighted by atomic mass is 16.5. The Kier molecular flexibility index (Phi) is 8.12. The van der Waals surface area contributed by atoms with Crippen molar-refractivity contribution in [2.24, 2.45) is 0 Å². The van der Waals surface area contributed by atoms with E-state index in [0.29, 0.717) is 37.0 Å². The first-order valence-electron chi connectivity index (χ1n) is 9.91. The normalized spacial score (nSPS) is 10.3. The molecule has 6 nitrogen and oxygen atoms in total. The van der Waals surface area contributed by atoms with Crippen LogP contribution in [0, 0.1) is 0 Å². The van der Waals surface area contributed by atoms with E-state index in [1.54, 1.807) is 12.1 Å². The number of amides is 1. The van der Waals surface area contributed by atoms with Crippen LogP contribution in [0.1, 0.15) is 6.92 Å². The average molecular weight is 406 g/mol. The van der Waals surface area contributed by atoms with E-state index >= 15 is 0 Å². The number of hydrogen-bond donors (Lipinski definition) is 2. The van der Waals surface area contributed by atoms with Crippen LogP contribution in [-0.2, 0) is 9.53 Å². The molecule has 0 aliphatic carbocycles. The van der Waals surface area contributed by atoms with Gasteiger partial charge < -0.3 is 24.8 Å². The molecule has 6 heteroatoms. The fourth-order valence-corrected chi connectivity index (χ4v) is 2.71. The molecule has 0 saturated carbocycles. The van der Waals surface area contributed by atoms with Gasteiger partial charge in [0.2, 0.25) is 5.91 Å². The molecule has 2 N–H and O–H groups in total. The fourth-order valence-electron chi connectivity index (χ4n) is 2.71. The molecule has 156 valence electrons. The molecule has 3 aromatic rings. The Morgan fingerprint density at radius 2 is 1.53 bits per heavy atom. The summed E-state index contributed by atoms with van der Waals surface area (Å²) in [6.45, 7) is 3.69. The van der Waals surface area contributed by atoms with Crippen molar-refractivity contribution in [2.45, 2.75) is 6.92 Å². The maximum atomic E-state index is 12.3. The predicted octanol–water partition coefficient (Wildman–Crippen LogP) is 4.94. The lowest BCUT2D eigenvalue weighted by atomic mass is 10.2. The first kappa shape index (κ1) is 21.2. The number of rotatable bonds is 11. The molecule has 0 aliphatic rings.